The molecule has 4 rings (SSSR count). The number of benzene rings is 2. The molecule has 2 aromatic heterocycles. The number of nitrogens with one attached hydrogen (secondary N) is 2. The zero-order valence-electron chi connectivity index (χ0n) is 15.2. The van der Waals surface area contributed by atoms with Crippen LogP contribution in [0.3, 0.4) is 0 Å². The van der Waals surface area contributed by atoms with E-state index >= 15 is 0 Å². The van der Waals surface area contributed by atoms with Crippen molar-refractivity contribution in [2.75, 3.05) is 5.32 Å². The van der Waals surface area contributed by atoms with Gasteiger partial charge in [0, 0.05) is 34.9 Å². The van der Waals surface area contributed by atoms with Crippen molar-refractivity contribution >= 4 is 22.5 Å². The molecule has 2 heterocycles. The molecule has 4 aromatic rings. The van der Waals surface area contributed by atoms with E-state index in [4.69, 9.17) is 4.74 Å². The Bertz CT molecular complexity index is 1240. The second-order valence-electron chi connectivity index (χ2n) is 6.33. The molecule has 0 spiro atoms. The largest absolute Gasteiger partial charge is 0.487 e. The van der Waals surface area contributed by atoms with E-state index in [0.29, 0.717) is 22.3 Å². The van der Waals surface area contributed by atoms with Gasteiger partial charge in [-0.05, 0) is 42.5 Å². The highest BCUT2D eigenvalue weighted by Gasteiger charge is 2.13. The number of aromatic nitrogens is 2. The molecule has 0 saturated carbocycles. The van der Waals surface area contributed by atoms with Gasteiger partial charge in [-0.2, -0.15) is 0 Å². The van der Waals surface area contributed by atoms with Crippen LogP contribution in [0.25, 0.3) is 10.9 Å². The van der Waals surface area contributed by atoms with Crippen LogP contribution >= 0.6 is 0 Å². The highest BCUT2D eigenvalue weighted by atomic mass is 19.1. The van der Waals surface area contributed by atoms with Gasteiger partial charge in [0.25, 0.3) is 5.91 Å². The van der Waals surface area contributed by atoms with Crippen LogP contribution in [0.5, 0.6) is 5.75 Å². The number of amides is 1. The molecule has 0 fully saturated rings. The van der Waals surface area contributed by atoms with Crippen molar-refractivity contribution in [1.29, 1.82) is 0 Å². The third-order valence-electron chi connectivity index (χ3n) is 4.25. The van der Waals surface area contributed by atoms with Gasteiger partial charge in [0.1, 0.15) is 18.2 Å². The van der Waals surface area contributed by atoms with Crippen molar-refractivity contribution in [2.45, 2.75) is 6.61 Å². The minimum absolute atomic E-state index is 0.0862. The fourth-order valence-corrected chi connectivity index (χ4v) is 2.92. The summed E-state index contributed by atoms with van der Waals surface area (Å²) in [7, 11) is 0. The summed E-state index contributed by atoms with van der Waals surface area (Å²) < 4.78 is 19.3. The Hall–Kier alpha value is -4.00. The zero-order chi connectivity index (χ0) is 20.2. The summed E-state index contributed by atoms with van der Waals surface area (Å²) in [5.74, 6) is -0.465. The van der Waals surface area contributed by atoms with Gasteiger partial charge in [0.15, 0.2) is 0 Å². The molecule has 2 aromatic carbocycles. The number of fused-ring (bicyclic) bond motifs is 1. The van der Waals surface area contributed by atoms with Crippen molar-refractivity contribution in [2.24, 2.45) is 0 Å². The number of rotatable bonds is 5. The number of carbonyl (C=O) groups excluding carboxylic acids is 1. The van der Waals surface area contributed by atoms with Crippen LogP contribution < -0.4 is 15.6 Å². The summed E-state index contributed by atoms with van der Waals surface area (Å²) >= 11 is 0. The third kappa shape index (κ3) is 4.30. The van der Waals surface area contributed by atoms with Gasteiger partial charge in [-0.3, -0.25) is 14.6 Å². The maximum absolute atomic E-state index is 13.6. The van der Waals surface area contributed by atoms with E-state index in [1.807, 2.05) is 18.2 Å². The number of ether oxygens (including phenoxy) is 1. The number of carbonyl (C=O) groups is 1. The molecule has 0 saturated heterocycles. The van der Waals surface area contributed by atoms with Crippen LogP contribution in [0.1, 0.15) is 16.1 Å². The van der Waals surface area contributed by atoms with E-state index in [0.717, 1.165) is 11.8 Å². The summed E-state index contributed by atoms with van der Waals surface area (Å²) in [5.41, 5.74) is 1.29. The number of anilines is 1. The number of pyridine rings is 2. The summed E-state index contributed by atoms with van der Waals surface area (Å²) in [4.78, 5) is 31.4. The lowest BCUT2D eigenvalue weighted by Gasteiger charge is -2.10. The van der Waals surface area contributed by atoms with Crippen molar-refractivity contribution in [3.63, 3.8) is 0 Å². The normalized spacial score (nSPS) is 10.7. The maximum Gasteiger partial charge on any atom is 0.256 e. The third-order valence-corrected chi connectivity index (χ3v) is 4.25. The van der Waals surface area contributed by atoms with Gasteiger partial charge in [0.2, 0.25) is 5.56 Å². The monoisotopic (exact) mass is 389 g/mol. The minimum Gasteiger partial charge on any atom is -0.487 e. The number of halogens is 1. The number of hydrogen-bond acceptors (Lipinski definition) is 4. The average molecular weight is 389 g/mol. The summed E-state index contributed by atoms with van der Waals surface area (Å²) in [6.45, 7) is 0.288. The highest BCUT2D eigenvalue weighted by Crippen LogP contribution is 2.21. The van der Waals surface area contributed by atoms with Crippen molar-refractivity contribution in [3.8, 4) is 5.75 Å². The molecule has 0 radical (unpaired) electrons. The lowest BCUT2D eigenvalue weighted by molar-refractivity contribution is 0.102. The zero-order valence-corrected chi connectivity index (χ0v) is 15.2. The fraction of sp³-hybridized carbons (Fsp3) is 0.0455. The Morgan fingerprint density at radius 2 is 1.97 bits per heavy atom. The van der Waals surface area contributed by atoms with E-state index < -0.39 is 17.3 Å². The van der Waals surface area contributed by atoms with E-state index in [9.17, 15) is 14.0 Å². The predicted molar refractivity (Wildman–Crippen MR) is 107 cm³/mol. The van der Waals surface area contributed by atoms with Gasteiger partial charge >= 0.3 is 0 Å². The van der Waals surface area contributed by atoms with E-state index in [1.165, 1.54) is 18.2 Å². The smallest absolute Gasteiger partial charge is 0.256 e. The molecule has 0 aliphatic carbocycles. The molecule has 0 bridgehead atoms. The molecule has 29 heavy (non-hydrogen) atoms. The van der Waals surface area contributed by atoms with Crippen LogP contribution in [0.2, 0.25) is 0 Å². The number of hydrogen-bond donors (Lipinski definition) is 2. The molecule has 144 valence electrons. The molecule has 0 unspecified atom stereocenters. The number of H-pyrrole nitrogens is 1. The first-order valence-corrected chi connectivity index (χ1v) is 8.85. The fourth-order valence-electron chi connectivity index (χ4n) is 2.92. The molecular formula is C22H16FN3O3. The Balaban J connectivity index is 1.55. The van der Waals surface area contributed by atoms with Gasteiger partial charge in [-0.15, -0.1) is 0 Å². The van der Waals surface area contributed by atoms with Gasteiger partial charge in [0.05, 0.1) is 11.3 Å². The van der Waals surface area contributed by atoms with Gasteiger partial charge in [-0.1, -0.05) is 12.1 Å². The minimum atomic E-state index is -0.520. The first-order chi connectivity index (χ1) is 14.1. The Morgan fingerprint density at radius 1 is 1.07 bits per heavy atom. The topological polar surface area (TPSA) is 84.1 Å². The van der Waals surface area contributed by atoms with E-state index in [1.54, 1.807) is 30.5 Å². The second kappa shape index (κ2) is 7.93. The quantitative estimate of drug-likeness (QED) is 0.542. The Labute approximate surface area is 165 Å². The molecule has 6 nitrogen and oxygen atoms in total. The molecule has 7 heteroatoms. The van der Waals surface area contributed by atoms with Crippen LogP contribution in [0.4, 0.5) is 10.1 Å². The molecule has 0 atom stereocenters. The van der Waals surface area contributed by atoms with Crippen molar-refractivity contribution < 1.29 is 13.9 Å². The predicted octanol–water partition coefficient (Wildman–Crippen LogP) is 3.89. The summed E-state index contributed by atoms with van der Waals surface area (Å²) in [6, 6.07) is 17.4. The summed E-state index contributed by atoms with van der Waals surface area (Å²) in [6.07, 6.45) is 1.68. The molecule has 0 aliphatic heterocycles. The van der Waals surface area contributed by atoms with Gasteiger partial charge in [-0.25, -0.2) is 4.39 Å². The maximum atomic E-state index is 13.6. The first kappa shape index (κ1) is 18.4. The second-order valence-corrected chi connectivity index (χ2v) is 6.33. The molecule has 0 aliphatic rings. The molecule has 1 amide bonds. The van der Waals surface area contributed by atoms with E-state index in [-0.39, 0.29) is 12.2 Å². The van der Waals surface area contributed by atoms with Crippen molar-refractivity contribution in [3.05, 3.63) is 100 Å². The van der Waals surface area contributed by atoms with E-state index in [2.05, 4.69) is 15.3 Å². The molecular weight excluding hydrogens is 373 g/mol. The highest BCUT2D eigenvalue weighted by molar-refractivity contribution is 6.12. The molecule has 2 N–H and O–H groups in total. The number of aromatic amines is 1. The van der Waals surface area contributed by atoms with Crippen LogP contribution in [0.15, 0.2) is 77.7 Å². The SMILES string of the molecule is O=C(Nc1cccc(OCc2ccccn2)c1)c1cc(=O)[nH]c2ccc(F)cc12. The first-order valence-electron chi connectivity index (χ1n) is 8.85. The summed E-state index contributed by atoms with van der Waals surface area (Å²) in [5, 5.41) is 3.05. The van der Waals surface area contributed by atoms with Crippen LogP contribution in [0, 0.1) is 5.82 Å². The van der Waals surface area contributed by atoms with Crippen LogP contribution in [-0.4, -0.2) is 15.9 Å². The standard InChI is InChI=1S/C22H16FN3O3/c23-14-7-8-20-18(10-14)19(12-21(27)26-20)22(28)25-15-5-3-6-17(11-15)29-13-16-4-1-2-9-24-16/h1-12H,13H2,(H,25,28)(H,26,27). The number of nitrogens with zero attached hydrogens (tertiary/aromatic N) is 1. The lowest BCUT2D eigenvalue weighted by Crippen LogP contribution is -2.17. The average Bonchev–Trinajstić information content (AvgIpc) is 2.73. The van der Waals surface area contributed by atoms with Gasteiger partial charge < -0.3 is 15.0 Å². The Kier molecular flexibility index (Phi) is 5.03. The van der Waals surface area contributed by atoms with Crippen molar-refractivity contribution in [1.82, 2.24) is 9.97 Å². The Morgan fingerprint density at radius 3 is 2.79 bits per heavy atom. The van der Waals surface area contributed by atoms with Crippen LogP contribution in [-0.2, 0) is 6.61 Å². The lowest BCUT2D eigenvalue weighted by atomic mass is 10.1.